The van der Waals surface area contributed by atoms with E-state index in [0.29, 0.717) is 11.8 Å². The molecule has 2 aromatic heterocycles. The molecule has 1 unspecified atom stereocenters. The number of nitrogens with zero attached hydrogens (tertiary/aromatic N) is 5. The Kier molecular flexibility index (Phi) is 4.45. The average Bonchev–Trinajstić information content (AvgIpc) is 2.95. The fourth-order valence-corrected chi connectivity index (χ4v) is 3.16. The van der Waals surface area contributed by atoms with E-state index in [4.69, 9.17) is 4.42 Å². The fraction of sp³-hybridized carbons (Fsp3) is 0.625. The first-order valence-corrected chi connectivity index (χ1v) is 8.15. The Hall–Kier alpha value is -2.18. The summed E-state index contributed by atoms with van der Waals surface area (Å²) >= 11 is 0. The molecule has 3 heterocycles. The van der Waals surface area contributed by atoms with Gasteiger partial charge in [0.25, 0.3) is 0 Å². The molecule has 1 fully saturated rings. The minimum absolute atomic E-state index is 0.0546. The van der Waals surface area contributed by atoms with E-state index in [-0.39, 0.29) is 18.5 Å². The van der Waals surface area contributed by atoms with E-state index < -0.39 is 0 Å². The van der Waals surface area contributed by atoms with Gasteiger partial charge in [-0.3, -0.25) is 9.48 Å². The molecule has 0 spiro atoms. The van der Waals surface area contributed by atoms with Gasteiger partial charge >= 0.3 is 0 Å². The molecule has 0 aliphatic carbocycles. The largest absolute Gasteiger partial charge is 0.423 e. The zero-order valence-electron chi connectivity index (χ0n) is 13.9. The number of rotatable bonds is 3. The van der Waals surface area contributed by atoms with Crippen molar-refractivity contribution in [2.24, 2.45) is 0 Å². The average molecular weight is 317 g/mol. The molecule has 0 bridgehead atoms. The minimum atomic E-state index is -0.122. The van der Waals surface area contributed by atoms with Gasteiger partial charge in [-0.05, 0) is 32.8 Å². The van der Waals surface area contributed by atoms with Crippen molar-refractivity contribution in [1.82, 2.24) is 24.9 Å². The number of hydrogen-bond acceptors (Lipinski definition) is 5. The maximum absolute atomic E-state index is 12.8. The SMILES string of the molecule is Cc1cc(C)n(CC(=O)N2CCCCCC2c2nnc(C)o2)n1. The second-order valence-electron chi connectivity index (χ2n) is 6.20. The number of hydrogen-bond donors (Lipinski definition) is 0. The van der Waals surface area contributed by atoms with Crippen molar-refractivity contribution in [3.8, 4) is 0 Å². The molecule has 0 N–H and O–H groups in total. The third-order valence-electron chi connectivity index (χ3n) is 4.29. The van der Waals surface area contributed by atoms with Crippen LogP contribution < -0.4 is 0 Å². The van der Waals surface area contributed by atoms with Crippen molar-refractivity contribution in [1.29, 1.82) is 0 Å². The van der Waals surface area contributed by atoms with Crippen LogP contribution in [0.1, 0.15) is 54.9 Å². The summed E-state index contributed by atoms with van der Waals surface area (Å²) in [4.78, 5) is 14.7. The Morgan fingerprint density at radius 2 is 2.09 bits per heavy atom. The summed E-state index contributed by atoms with van der Waals surface area (Å²) < 4.78 is 7.36. The highest BCUT2D eigenvalue weighted by molar-refractivity contribution is 5.76. The molecule has 0 saturated carbocycles. The predicted molar refractivity (Wildman–Crippen MR) is 83.7 cm³/mol. The van der Waals surface area contributed by atoms with Crippen LogP contribution >= 0.6 is 0 Å². The molecule has 1 aliphatic rings. The molecule has 7 heteroatoms. The Balaban J connectivity index is 1.81. The van der Waals surface area contributed by atoms with E-state index in [0.717, 1.165) is 43.6 Å². The third kappa shape index (κ3) is 3.43. The van der Waals surface area contributed by atoms with E-state index in [9.17, 15) is 4.79 Å². The molecular weight excluding hydrogens is 294 g/mol. The summed E-state index contributed by atoms with van der Waals surface area (Å²) in [5.74, 6) is 1.14. The summed E-state index contributed by atoms with van der Waals surface area (Å²) in [5, 5.41) is 12.4. The number of aryl methyl sites for hydroxylation is 3. The Bertz CT molecular complexity index is 690. The Morgan fingerprint density at radius 1 is 1.26 bits per heavy atom. The summed E-state index contributed by atoms with van der Waals surface area (Å²) in [5.41, 5.74) is 1.92. The van der Waals surface area contributed by atoms with Crippen molar-refractivity contribution >= 4 is 5.91 Å². The highest BCUT2D eigenvalue weighted by Gasteiger charge is 2.30. The molecule has 0 aromatic carbocycles. The van der Waals surface area contributed by atoms with Gasteiger partial charge in [0.15, 0.2) is 0 Å². The first kappa shape index (κ1) is 15.7. The van der Waals surface area contributed by atoms with Crippen LogP contribution in [0, 0.1) is 20.8 Å². The molecule has 3 rings (SSSR count). The summed E-state index contributed by atoms with van der Waals surface area (Å²) in [7, 11) is 0. The first-order chi connectivity index (χ1) is 11.0. The first-order valence-electron chi connectivity index (χ1n) is 8.15. The van der Waals surface area contributed by atoms with Crippen LogP contribution in [0.5, 0.6) is 0 Å². The minimum Gasteiger partial charge on any atom is -0.423 e. The molecule has 124 valence electrons. The highest BCUT2D eigenvalue weighted by Crippen LogP contribution is 2.29. The highest BCUT2D eigenvalue weighted by atomic mass is 16.4. The molecule has 23 heavy (non-hydrogen) atoms. The molecule has 0 radical (unpaired) electrons. The standard InChI is InChI=1S/C16H23N5O2/c1-11-9-12(2)21(19-11)10-15(22)20-8-6-4-5-7-14(20)16-18-17-13(3)23-16/h9,14H,4-8,10H2,1-3H3. The quantitative estimate of drug-likeness (QED) is 0.868. The van der Waals surface area contributed by atoms with E-state index in [1.165, 1.54) is 0 Å². The van der Waals surface area contributed by atoms with Crippen LogP contribution in [0.4, 0.5) is 0 Å². The van der Waals surface area contributed by atoms with Gasteiger partial charge < -0.3 is 9.32 Å². The molecular formula is C16H23N5O2. The Labute approximate surface area is 135 Å². The van der Waals surface area contributed by atoms with Gasteiger partial charge in [0.2, 0.25) is 17.7 Å². The third-order valence-corrected chi connectivity index (χ3v) is 4.29. The van der Waals surface area contributed by atoms with Crippen LogP contribution in [0.2, 0.25) is 0 Å². The molecule has 1 atom stereocenters. The molecule has 1 saturated heterocycles. The zero-order valence-corrected chi connectivity index (χ0v) is 13.9. The van der Waals surface area contributed by atoms with Gasteiger partial charge in [0, 0.05) is 19.2 Å². The number of carbonyl (C=O) groups excluding carboxylic acids is 1. The molecule has 2 aromatic rings. The molecule has 1 amide bonds. The van der Waals surface area contributed by atoms with Crippen molar-refractivity contribution in [3.05, 3.63) is 29.2 Å². The van der Waals surface area contributed by atoms with Gasteiger partial charge in [-0.2, -0.15) is 5.10 Å². The van der Waals surface area contributed by atoms with Crippen molar-refractivity contribution in [3.63, 3.8) is 0 Å². The van der Waals surface area contributed by atoms with Crippen molar-refractivity contribution in [2.45, 2.75) is 59.0 Å². The normalized spacial score (nSPS) is 18.9. The topological polar surface area (TPSA) is 77.0 Å². The summed E-state index contributed by atoms with van der Waals surface area (Å²) in [6.45, 7) is 6.65. The van der Waals surface area contributed by atoms with Gasteiger partial charge in [-0.25, -0.2) is 0 Å². The predicted octanol–water partition coefficient (Wildman–Crippen LogP) is 2.34. The zero-order chi connectivity index (χ0) is 16.4. The molecule has 1 aliphatic heterocycles. The van der Waals surface area contributed by atoms with E-state index in [2.05, 4.69) is 15.3 Å². The lowest BCUT2D eigenvalue weighted by atomic mass is 10.1. The number of aromatic nitrogens is 4. The van der Waals surface area contributed by atoms with Gasteiger partial charge in [0.1, 0.15) is 12.6 Å². The van der Waals surface area contributed by atoms with Crippen LogP contribution in [-0.4, -0.2) is 37.3 Å². The second kappa shape index (κ2) is 6.52. The number of likely N-dealkylation sites (tertiary alicyclic amines) is 1. The van der Waals surface area contributed by atoms with Crippen LogP contribution in [0.15, 0.2) is 10.5 Å². The van der Waals surface area contributed by atoms with E-state index in [1.54, 1.807) is 11.6 Å². The maximum Gasteiger partial charge on any atom is 0.244 e. The van der Waals surface area contributed by atoms with Crippen LogP contribution in [0.25, 0.3) is 0 Å². The van der Waals surface area contributed by atoms with Gasteiger partial charge in [-0.15, -0.1) is 10.2 Å². The monoisotopic (exact) mass is 317 g/mol. The Morgan fingerprint density at radius 3 is 2.74 bits per heavy atom. The van der Waals surface area contributed by atoms with Crippen molar-refractivity contribution in [2.75, 3.05) is 6.54 Å². The number of carbonyl (C=O) groups is 1. The van der Waals surface area contributed by atoms with Crippen LogP contribution in [-0.2, 0) is 11.3 Å². The fourth-order valence-electron chi connectivity index (χ4n) is 3.16. The van der Waals surface area contributed by atoms with E-state index in [1.807, 2.05) is 24.8 Å². The molecule has 7 nitrogen and oxygen atoms in total. The van der Waals surface area contributed by atoms with Gasteiger partial charge in [0.05, 0.1) is 5.69 Å². The number of amides is 1. The van der Waals surface area contributed by atoms with Gasteiger partial charge in [-0.1, -0.05) is 12.8 Å². The summed E-state index contributed by atoms with van der Waals surface area (Å²) in [6, 6.07) is 1.86. The summed E-state index contributed by atoms with van der Waals surface area (Å²) in [6.07, 6.45) is 4.06. The maximum atomic E-state index is 12.8. The second-order valence-corrected chi connectivity index (χ2v) is 6.20. The lowest BCUT2D eigenvalue weighted by Gasteiger charge is -2.27. The smallest absolute Gasteiger partial charge is 0.244 e. The van der Waals surface area contributed by atoms with Crippen LogP contribution in [0.3, 0.4) is 0 Å². The van der Waals surface area contributed by atoms with Crippen molar-refractivity contribution < 1.29 is 9.21 Å². The van der Waals surface area contributed by atoms with E-state index >= 15 is 0 Å². The lowest BCUT2D eigenvalue weighted by molar-refractivity contribution is -0.135. The lowest BCUT2D eigenvalue weighted by Crippen LogP contribution is -2.37.